The summed E-state index contributed by atoms with van der Waals surface area (Å²) in [5, 5.41) is 5.27. The normalized spacial score (nSPS) is 32.3. The van der Waals surface area contributed by atoms with Crippen molar-refractivity contribution in [1.29, 1.82) is 0 Å². The summed E-state index contributed by atoms with van der Waals surface area (Å²) in [7, 11) is 1.05. The van der Waals surface area contributed by atoms with E-state index in [2.05, 4.69) is 15.4 Å². The molecule has 0 spiro atoms. The first-order valence-electron chi connectivity index (χ1n) is 6.05. The zero-order chi connectivity index (χ0) is 13.4. The molecule has 0 radical (unpaired) electrons. The van der Waals surface area contributed by atoms with Gasteiger partial charge in [0, 0.05) is 32.0 Å². The van der Waals surface area contributed by atoms with E-state index in [9.17, 15) is 18.0 Å². The molecule has 0 bridgehead atoms. The summed E-state index contributed by atoms with van der Waals surface area (Å²) < 4.78 is 42.6. The van der Waals surface area contributed by atoms with E-state index in [1.807, 2.05) is 0 Å². The Kier molecular flexibility index (Phi) is 3.44. The first-order chi connectivity index (χ1) is 8.36. The van der Waals surface area contributed by atoms with Gasteiger partial charge in [0.15, 0.2) is 5.60 Å². The average Bonchev–Trinajstić information content (AvgIpc) is 2.14. The van der Waals surface area contributed by atoms with Crippen LogP contribution in [0, 0.1) is 0 Å². The molecule has 2 aliphatic rings. The summed E-state index contributed by atoms with van der Waals surface area (Å²) in [6.45, 7) is 0. The second-order valence-corrected chi connectivity index (χ2v) is 5.05. The lowest BCUT2D eigenvalue weighted by Crippen LogP contribution is -2.64. The monoisotopic (exact) mass is 266 g/mol. The number of urea groups is 1. The Morgan fingerprint density at radius 3 is 2.17 bits per heavy atom. The number of carbonyl (C=O) groups excluding carboxylic acids is 1. The molecular formula is C11H17F3N2O2. The molecule has 2 aliphatic carbocycles. The molecule has 4 nitrogen and oxygen atoms in total. The predicted octanol–water partition coefficient (Wildman–Crippen LogP) is 1.95. The first kappa shape index (κ1) is 13.5. The molecule has 0 atom stereocenters. The van der Waals surface area contributed by atoms with E-state index in [4.69, 9.17) is 0 Å². The van der Waals surface area contributed by atoms with Crippen molar-refractivity contribution < 1.29 is 22.7 Å². The van der Waals surface area contributed by atoms with Gasteiger partial charge in [-0.05, 0) is 19.3 Å². The summed E-state index contributed by atoms with van der Waals surface area (Å²) >= 11 is 0. The highest BCUT2D eigenvalue weighted by atomic mass is 19.4. The topological polar surface area (TPSA) is 50.4 Å². The summed E-state index contributed by atoms with van der Waals surface area (Å²) in [6.07, 6.45) is -1.83. The average molecular weight is 266 g/mol. The molecule has 0 heterocycles. The van der Waals surface area contributed by atoms with E-state index < -0.39 is 17.8 Å². The van der Waals surface area contributed by atoms with E-state index in [0.29, 0.717) is 0 Å². The first-order valence-corrected chi connectivity index (χ1v) is 6.05. The van der Waals surface area contributed by atoms with Crippen molar-refractivity contribution in [3.8, 4) is 0 Å². The van der Waals surface area contributed by atoms with Gasteiger partial charge >= 0.3 is 12.2 Å². The summed E-state index contributed by atoms with van der Waals surface area (Å²) in [5.41, 5.74) is -2.08. The van der Waals surface area contributed by atoms with Crippen molar-refractivity contribution in [2.24, 2.45) is 0 Å². The van der Waals surface area contributed by atoms with Crippen LogP contribution in [-0.2, 0) is 4.74 Å². The number of hydrogen-bond acceptors (Lipinski definition) is 2. The highest BCUT2D eigenvalue weighted by molar-refractivity contribution is 5.74. The van der Waals surface area contributed by atoms with E-state index in [-0.39, 0.29) is 24.9 Å². The zero-order valence-corrected chi connectivity index (χ0v) is 10.1. The number of amides is 2. The summed E-state index contributed by atoms with van der Waals surface area (Å²) in [4.78, 5) is 11.5. The molecule has 0 unspecified atom stereocenters. The van der Waals surface area contributed by atoms with E-state index >= 15 is 0 Å². The van der Waals surface area contributed by atoms with Crippen molar-refractivity contribution in [1.82, 2.24) is 10.6 Å². The molecule has 0 aromatic heterocycles. The van der Waals surface area contributed by atoms with Gasteiger partial charge in [-0.3, -0.25) is 0 Å². The number of ether oxygens (including phenoxy) is 1. The van der Waals surface area contributed by atoms with Crippen LogP contribution >= 0.6 is 0 Å². The van der Waals surface area contributed by atoms with E-state index in [0.717, 1.165) is 26.4 Å². The number of hydrogen-bond donors (Lipinski definition) is 2. The summed E-state index contributed by atoms with van der Waals surface area (Å²) in [6, 6.07) is -0.664. The quantitative estimate of drug-likeness (QED) is 0.820. The molecular weight excluding hydrogens is 249 g/mol. The van der Waals surface area contributed by atoms with Crippen LogP contribution in [-0.4, -0.2) is 37.0 Å². The molecule has 18 heavy (non-hydrogen) atoms. The maximum atomic E-state index is 12.7. The number of carbonyl (C=O) groups is 1. The molecule has 2 amide bonds. The van der Waals surface area contributed by atoms with Crippen molar-refractivity contribution in [2.75, 3.05) is 7.11 Å². The second-order valence-electron chi connectivity index (χ2n) is 5.05. The van der Waals surface area contributed by atoms with Gasteiger partial charge in [0.2, 0.25) is 0 Å². The lowest BCUT2D eigenvalue weighted by atomic mass is 9.75. The molecule has 0 saturated heterocycles. The molecule has 104 valence electrons. The Morgan fingerprint density at radius 2 is 1.78 bits per heavy atom. The summed E-state index contributed by atoms with van der Waals surface area (Å²) in [5.74, 6) is 0. The molecule has 2 N–H and O–H groups in total. The Labute approximate surface area is 103 Å². The van der Waals surface area contributed by atoms with E-state index in [1.165, 1.54) is 0 Å². The zero-order valence-electron chi connectivity index (χ0n) is 10.1. The van der Waals surface area contributed by atoms with Gasteiger partial charge in [0.1, 0.15) is 0 Å². The molecule has 0 aliphatic heterocycles. The van der Waals surface area contributed by atoms with Crippen molar-refractivity contribution >= 4 is 6.03 Å². The van der Waals surface area contributed by atoms with Gasteiger partial charge in [0.25, 0.3) is 0 Å². The van der Waals surface area contributed by atoms with Crippen molar-refractivity contribution in [3.63, 3.8) is 0 Å². The van der Waals surface area contributed by atoms with Crippen LogP contribution in [0.2, 0.25) is 0 Å². The van der Waals surface area contributed by atoms with Crippen molar-refractivity contribution in [3.05, 3.63) is 0 Å². The third kappa shape index (κ3) is 2.41. The minimum Gasteiger partial charge on any atom is -0.369 e. The lowest BCUT2D eigenvalue weighted by molar-refractivity contribution is -0.301. The van der Waals surface area contributed by atoms with Gasteiger partial charge < -0.3 is 15.4 Å². The number of methoxy groups -OCH3 is 1. The highest BCUT2D eigenvalue weighted by Gasteiger charge is 2.63. The molecule has 0 aromatic carbocycles. The van der Waals surface area contributed by atoms with Crippen LogP contribution in [0.1, 0.15) is 32.1 Å². The number of alkyl halides is 3. The fourth-order valence-electron chi connectivity index (χ4n) is 2.32. The number of nitrogens with one attached hydrogen (secondary N) is 2. The van der Waals surface area contributed by atoms with E-state index in [1.54, 1.807) is 0 Å². The predicted molar refractivity (Wildman–Crippen MR) is 58.1 cm³/mol. The van der Waals surface area contributed by atoms with Gasteiger partial charge in [0.05, 0.1) is 0 Å². The minimum absolute atomic E-state index is 0.180. The standard InChI is InChI=1S/C11H17F3N2O2/c1-18-10(11(12,13)14)5-8(6-10)16-9(17)15-7-3-2-4-7/h7-8H,2-6H2,1H3,(H2,15,16,17). The Morgan fingerprint density at radius 1 is 1.22 bits per heavy atom. The third-order valence-electron chi connectivity index (χ3n) is 3.84. The van der Waals surface area contributed by atoms with Gasteiger partial charge in [-0.25, -0.2) is 4.79 Å². The van der Waals surface area contributed by atoms with Crippen LogP contribution in [0.5, 0.6) is 0 Å². The van der Waals surface area contributed by atoms with Gasteiger partial charge in [-0.2, -0.15) is 13.2 Å². The Balaban J connectivity index is 1.76. The number of halogens is 3. The van der Waals surface area contributed by atoms with Crippen LogP contribution < -0.4 is 10.6 Å². The molecule has 2 rings (SSSR count). The molecule has 7 heteroatoms. The Hall–Kier alpha value is -0.980. The largest absolute Gasteiger partial charge is 0.417 e. The molecule has 2 fully saturated rings. The molecule has 0 aromatic rings. The fraction of sp³-hybridized carbons (Fsp3) is 0.909. The van der Waals surface area contributed by atoms with Gasteiger partial charge in [-0.1, -0.05) is 0 Å². The molecule has 2 saturated carbocycles. The van der Waals surface area contributed by atoms with Crippen LogP contribution in [0.4, 0.5) is 18.0 Å². The Bertz CT molecular complexity index is 323. The van der Waals surface area contributed by atoms with Crippen molar-refractivity contribution in [2.45, 2.75) is 56.0 Å². The fourth-order valence-corrected chi connectivity index (χ4v) is 2.32. The second kappa shape index (κ2) is 4.60. The highest BCUT2D eigenvalue weighted by Crippen LogP contribution is 2.47. The van der Waals surface area contributed by atoms with Crippen LogP contribution in [0.3, 0.4) is 0 Å². The van der Waals surface area contributed by atoms with Crippen LogP contribution in [0.25, 0.3) is 0 Å². The maximum absolute atomic E-state index is 12.7. The minimum atomic E-state index is -4.38. The van der Waals surface area contributed by atoms with Gasteiger partial charge in [-0.15, -0.1) is 0 Å². The SMILES string of the molecule is COC1(C(F)(F)F)CC(NC(=O)NC2CCC2)C1. The van der Waals surface area contributed by atoms with Crippen LogP contribution in [0.15, 0.2) is 0 Å². The smallest absolute Gasteiger partial charge is 0.369 e. The third-order valence-corrected chi connectivity index (χ3v) is 3.84. The lowest BCUT2D eigenvalue weighted by Gasteiger charge is -2.47. The number of rotatable bonds is 3. The maximum Gasteiger partial charge on any atom is 0.417 e.